The predicted octanol–water partition coefficient (Wildman–Crippen LogP) is 1.93. The lowest BCUT2D eigenvalue weighted by atomic mass is 9.93. The number of nitrogens with one attached hydrogen (secondary N) is 1. The molecule has 3 nitrogen and oxygen atoms in total. The van der Waals surface area contributed by atoms with Gasteiger partial charge in [-0.1, -0.05) is 39.5 Å². The Bertz CT molecular complexity index is 261. The van der Waals surface area contributed by atoms with Gasteiger partial charge in [0, 0.05) is 11.7 Å². The van der Waals surface area contributed by atoms with E-state index in [1.165, 1.54) is 0 Å². The van der Waals surface area contributed by atoms with Gasteiger partial charge in [-0.15, -0.1) is 0 Å². The van der Waals surface area contributed by atoms with Gasteiger partial charge in [0.25, 0.3) is 0 Å². The zero-order chi connectivity index (χ0) is 11.4. The quantitative estimate of drug-likeness (QED) is 0.799. The van der Waals surface area contributed by atoms with Crippen molar-refractivity contribution in [2.24, 2.45) is 16.8 Å². The second-order valence-electron chi connectivity index (χ2n) is 4.46. The molecule has 0 saturated carbocycles. The lowest BCUT2D eigenvalue weighted by Crippen LogP contribution is -2.44. The van der Waals surface area contributed by atoms with Gasteiger partial charge in [0.05, 0.1) is 12.6 Å². The number of carbonyl (C=O) groups excluding carboxylic acids is 1. The summed E-state index contributed by atoms with van der Waals surface area (Å²) in [7, 11) is 0. The zero-order valence-electron chi connectivity index (χ0n) is 9.91. The largest absolute Gasteiger partial charge is 0.355 e. The van der Waals surface area contributed by atoms with Crippen LogP contribution in [0.5, 0.6) is 0 Å². The van der Waals surface area contributed by atoms with E-state index >= 15 is 0 Å². The zero-order valence-corrected chi connectivity index (χ0v) is 10.7. The molecular formula is C11H20N2OS. The van der Waals surface area contributed by atoms with Crippen molar-refractivity contribution in [1.29, 1.82) is 0 Å². The number of rotatable bonds is 4. The summed E-state index contributed by atoms with van der Waals surface area (Å²) in [5.74, 6) is 1.70. The average molecular weight is 228 g/mol. The van der Waals surface area contributed by atoms with Gasteiger partial charge in [0.15, 0.2) is 11.0 Å². The van der Waals surface area contributed by atoms with Crippen molar-refractivity contribution in [3.8, 4) is 0 Å². The molecule has 0 radical (unpaired) electrons. The third-order valence-corrected chi connectivity index (χ3v) is 3.31. The lowest BCUT2D eigenvalue weighted by molar-refractivity contribution is -0.124. The Hall–Kier alpha value is -0.510. The Labute approximate surface area is 96.1 Å². The maximum Gasteiger partial charge on any atom is 0.157 e. The second kappa shape index (κ2) is 5.54. The summed E-state index contributed by atoms with van der Waals surface area (Å²) in [6.07, 6.45) is 0. The highest BCUT2D eigenvalue weighted by Gasteiger charge is 2.25. The normalized spacial score (nSPS) is 18.1. The van der Waals surface area contributed by atoms with Crippen LogP contribution in [-0.4, -0.2) is 29.3 Å². The third kappa shape index (κ3) is 3.52. The van der Waals surface area contributed by atoms with Gasteiger partial charge < -0.3 is 5.32 Å². The smallest absolute Gasteiger partial charge is 0.157 e. The molecule has 1 aliphatic heterocycles. The first-order valence-electron chi connectivity index (χ1n) is 5.50. The van der Waals surface area contributed by atoms with Crippen LogP contribution in [0.25, 0.3) is 0 Å². The summed E-state index contributed by atoms with van der Waals surface area (Å²) in [5.41, 5.74) is 0. The lowest BCUT2D eigenvalue weighted by Gasteiger charge is -2.23. The fourth-order valence-corrected chi connectivity index (χ4v) is 2.25. The van der Waals surface area contributed by atoms with Gasteiger partial charge in [-0.25, -0.2) is 0 Å². The van der Waals surface area contributed by atoms with Crippen LogP contribution in [0.2, 0.25) is 0 Å². The summed E-state index contributed by atoms with van der Waals surface area (Å²) in [6, 6.07) is -0.0886. The van der Waals surface area contributed by atoms with Crippen LogP contribution >= 0.6 is 11.8 Å². The summed E-state index contributed by atoms with van der Waals surface area (Å²) in [4.78, 5) is 16.3. The van der Waals surface area contributed by atoms with E-state index in [9.17, 15) is 4.79 Å². The predicted molar refractivity (Wildman–Crippen MR) is 66.4 cm³/mol. The molecule has 1 N–H and O–H groups in total. The van der Waals surface area contributed by atoms with Crippen LogP contribution in [0.4, 0.5) is 0 Å². The van der Waals surface area contributed by atoms with E-state index < -0.39 is 0 Å². The molecule has 1 unspecified atom stereocenters. The minimum atomic E-state index is -0.0886. The molecular weight excluding hydrogens is 208 g/mol. The Kier molecular flexibility index (Phi) is 4.64. The molecule has 1 rings (SSSR count). The summed E-state index contributed by atoms with van der Waals surface area (Å²) in [5, 5.41) is 4.19. The van der Waals surface area contributed by atoms with E-state index in [2.05, 4.69) is 24.2 Å². The van der Waals surface area contributed by atoms with Crippen LogP contribution in [0, 0.1) is 11.8 Å². The second-order valence-corrected chi connectivity index (χ2v) is 5.54. The summed E-state index contributed by atoms with van der Waals surface area (Å²) < 4.78 is 0. The van der Waals surface area contributed by atoms with E-state index in [0.29, 0.717) is 5.92 Å². The Morgan fingerprint density at radius 2 is 2.07 bits per heavy atom. The van der Waals surface area contributed by atoms with Crippen LogP contribution in [-0.2, 0) is 4.79 Å². The highest BCUT2D eigenvalue weighted by atomic mass is 32.2. The molecule has 1 aliphatic rings. The first-order valence-corrected chi connectivity index (χ1v) is 6.48. The number of ketones is 1. The van der Waals surface area contributed by atoms with Crippen molar-refractivity contribution >= 4 is 22.7 Å². The topological polar surface area (TPSA) is 41.5 Å². The summed E-state index contributed by atoms with van der Waals surface area (Å²) in [6.45, 7) is 8.90. The number of aliphatic imine (C=N–C) groups is 1. The minimum Gasteiger partial charge on any atom is -0.355 e. The van der Waals surface area contributed by atoms with E-state index in [4.69, 9.17) is 0 Å². The van der Waals surface area contributed by atoms with E-state index in [1.807, 2.05) is 13.8 Å². The first-order chi connectivity index (χ1) is 7.02. The highest BCUT2D eigenvalue weighted by molar-refractivity contribution is 8.14. The van der Waals surface area contributed by atoms with Crippen molar-refractivity contribution in [1.82, 2.24) is 5.32 Å². The average Bonchev–Trinajstić information content (AvgIpc) is 2.64. The molecule has 1 atom stereocenters. The molecule has 86 valence electrons. The number of nitrogens with zero attached hydrogens (tertiary/aromatic N) is 1. The van der Waals surface area contributed by atoms with Crippen LogP contribution in [0.1, 0.15) is 27.7 Å². The van der Waals surface area contributed by atoms with Gasteiger partial charge in [-0.3, -0.25) is 9.79 Å². The molecule has 0 saturated heterocycles. The molecule has 0 aromatic heterocycles. The molecule has 0 fully saturated rings. The summed E-state index contributed by atoms with van der Waals surface area (Å²) >= 11 is 1.70. The monoisotopic (exact) mass is 228 g/mol. The number of hydrogen-bond donors (Lipinski definition) is 1. The van der Waals surface area contributed by atoms with Crippen molar-refractivity contribution in [3.63, 3.8) is 0 Å². The van der Waals surface area contributed by atoms with E-state index in [1.54, 1.807) is 11.8 Å². The SMILES string of the molecule is CC(C)C(=O)C(NC1=NCCS1)C(C)C. The molecule has 0 aliphatic carbocycles. The number of amidine groups is 1. The molecule has 1 heterocycles. The molecule has 0 amide bonds. The third-order valence-electron chi connectivity index (χ3n) is 2.41. The van der Waals surface area contributed by atoms with E-state index in [-0.39, 0.29) is 17.7 Å². The molecule has 4 heteroatoms. The minimum absolute atomic E-state index is 0.0805. The maximum atomic E-state index is 11.9. The molecule has 0 spiro atoms. The molecule has 15 heavy (non-hydrogen) atoms. The van der Waals surface area contributed by atoms with Crippen molar-refractivity contribution in [2.75, 3.05) is 12.3 Å². The highest BCUT2D eigenvalue weighted by Crippen LogP contribution is 2.14. The first kappa shape index (κ1) is 12.6. The number of thioether (sulfide) groups is 1. The fourth-order valence-electron chi connectivity index (χ4n) is 1.48. The Morgan fingerprint density at radius 3 is 2.47 bits per heavy atom. The maximum absolute atomic E-state index is 11.9. The van der Waals surface area contributed by atoms with Gasteiger partial charge >= 0.3 is 0 Å². The Balaban J connectivity index is 2.61. The van der Waals surface area contributed by atoms with Crippen molar-refractivity contribution in [3.05, 3.63) is 0 Å². The van der Waals surface area contributed by atoms with Gasteiger partial charge in [0.2, 0.25) is 0 Å². The van der Waals surface area contributed by atoms with Crippen molar-refractivity contribution in [2.45, 2.75) is 33.7 Å². The van der Waals surface area contributed by atoms with Gasteiger partial charge in [-0.2, -0.15) is 0 Å². The molecule has 0 aromatic rings. The Morgan fingerprint density at radius 1 is 1.40 bits per heavy atom. The number of hydrogen-bond acceptors (Lipinski definition) is 4. The van der Waals surface area contributed by atoms with E-state index in [0.717, 1.165) is 17.5 Å². The number of carbonyl (C=O) groups is 1. The van der Waals surface area contributed by atoms with Gasteiger partial charge in [-0.05, 0) is 5.92 Å². The van der Waals surface area contributed by atoms with Crippen LogP contribution in [0.15, 0.2) is 4.99 Å². The number of Topliss-reactive ketones (excluding diaryl/α,β-unsaturated/α-hetero) is 1. The standard InChI is InChI=1S/C11H20N2OS/c1-7(2)9(10(14)8(3)4)13-11-12-5-6-15-11/h7-9H,5-6H2,1-4H3,(H,12,13). The fraction of sp³-hybridized carbons (Fsp3) is 0.818. The molecule has 0 bridgehead atoms. The van der Waals surface area contributed by atoms with Crippen LogP contribution < -0.4 is 5.32 Å². The molecule has 0 aromatic carbocycles. The van der Waals surface area contributed by atoms with Crippen LogP contribution in [0.3, 0.4) is 0 Å². The van der Waals surface area contributed by atoms with Gasteiger partial charge in [0.1, 0.15) is 0 Å². The van der Waals surface area contributed by atoms with Crippen molar-refractivity contribution < 1.29 is 4.79 Å².